The second-order valence-electron chi connectivity index (χ2n) is 6.76. The molecule has 2 heterocycles. The van der Waals surface area contributed by atoms with Gasteiger partial charge in [0.2, 0.25) is 5.91 Å². The van der Waals surface area contributed by atoms with Crippen LogP contribution >= 0.6 is 0 Å². The van der Waals surface area contributed by atoms with E-state index in [1.807, 2.05) is 38.1 Å². The number of amides is 1. The van der Waals surface area contributed by atoms with Crippen LogP contribution < -0.4 is 10.1 Å². The van der Waals surface area contributed by atoms with Crippen molar-refractivity contribution in [2.75, 3.05) is 23.4 Å². The summed E-state index contributed by atoms with van der Waals surface area (Å²) in [5, 5.41) is 7.27. The molecule has 0 spiro atoms. The van der Waals surface area contributed by atoms with Gasteiger partial charge in [-0.3, -0.25) is 4.79 Å². The Hall–Kier alpha value is -2.35. The van der Waals surface area contributed by atoms with Gasteiger partial charge in [0.25, 0.3) is 0 Å². The van der Waals surface area contributed by atoms with Gasteiger partial charge in [-0.25, -0.2) is 13.1 Å². The number of carbonyl (C=O) groups is 1. The maximum Gasteiger partial charge on any atom is 0.225 e. The summed E-state index contributed by atoms with van der Waals surface area (Å²) in [4.78, 5) is 12.4. The molecule has 0 saturated carbocycles. The van der Waals surface area contributed by atoms with Gasteiger partial charge in [0.05, 0.1) is 29.8 Å². The molecule has 0 radical (unpaired) electrons. The molecule has 1 aliphatic heterocycles. The zero-order chi connectivity index (χ0) is 19.4. The van der Waals surface area contributed by atoms with E-state index in [9.17, 15) is 13.2 Å². The lowest BCUT2D eigenvalue weighted by Crippen LogP contribution is -2.19. The molecule has 1 N–H and O–H groups in total. The highest BCUT2D eigenvalue weighted by Crippen LogP contribution is 2.27. The van der Waals surface area contributed by atoms with Gasteiger partial charge in [-0.1, -0.05) is 18.2 Å². The SMILES string of the molecule is CCOc1ccccc1CCC(=O)Nc1cc(C)nn1[C@@H]1CCS(=O)(=O)C1. The lowest BCUT2D eigenvalue weighted by atomic mass is 10.1. The second kappa shape index (κ2) is 8.12. The number of ether oxygens (including phenoxy) is 1. The van der Waals surface area contributed by atoms with Crippen molar-refractivity contribution in [2.24, 2.45) is 0 Å². The molecule has 1 atom stereocenters. The third-order valence-corrected chi connectivity index (χ3v) is 6.32. The Bertz CT molecular complexity index is 921. The maximum absolute atomic E-state index is 12.4. The molecule has 27 heavy (non-hydrogen) atoms. The molecule has 2 aromatic rings. The number of hydrogen-bond acceptors (Lipinski definition) is 5. The van der Waals surface area contributed by atoms with Crippen molar-refractivity contribution in [3.63, 3.8) is 0 Å². The summed E-state index contributed by atoms with van der Waals surface area (Å²) in [6.45, 7) is 4.33. The lowest BCUT2D eigenvalue weighted by Gasteiger charge is -2.14. The molecule has 1 amide bonds. The summed E-state index contributed by atoms with van der Waals surface area (Å²) >= 11 is 0. The lowest BCUT2D eigenvalue weighted by molar-refractivity contribution is -0.116. The molecule has 1 aliphatic rings. The van der Waals surface area contributed by atoms with E-state index in [2.05, 4.69) is 10.4 Å². The van der Waals surface area contributed by atoms with Crippen molar-refractivity contribution in [3.8, 4) is 5.75 Å². The number of sulfone groups is 1. The molecule has 146 valence electrons. The molecular formula is C19H25N3O4S. The van der Waals surface area contributed by atoms with Gasteiger partial charge in [0.1, 0.15) is 11.6 Å². The smallest absolute Gasteiger partial charge is 0.225 e. The number of para-hydroxylation sites is 1. The first-order valence-electron chi connectivity index (χ1n) is 9.15. The topological polar surface area (TPSA) is 90.3 Å². The van der Waals surface area contributed by atoms with E-state index >= 15 is 0 Å². The van der Waals surface area contributed by atoms with E-state index < -0.39 is 9.84 Å². The van der Waals surface area contributed by atoms with Gasteiger partial charge in [-0.15, -0.1) is 0 Å². The number of aryl methyl sites for hydroxylation is 2. The zero-order valence-electron chi connectivity index (χ0n) is 15.6. The highest BCUT2D eigenvalue weighted by atomic mass is 32.2. The fraction of sp³-hybridized carbons (Fsp3) is 0.474. The van der Waals surface area contributed by atoms with Gasteiger partial charge >= 0.3 is 0 Å². The highest BCUT2D eigenvalue weighted by molar-refractivity contribution is 7.91. The molecule has 8 heteroatoms. The Kier molecular flexibility index (Phi) is 5.84. The standard InChI is InChI=1S/C19H25N3O4S/c1-3-26-17-7-5-4-6-15(17)8-9-19(23)20-18-12-14(2)21-22(18)16-10-11-27(24,25)13-16/h4-7,12,16H,3,8-11,13H2,1-2H3,(H,20,23)/t16-/m1/s1. The third kappa shape index (κ3) is 4.88. The Morgan fingerprint density at radius 1 is 1.37 bits per heavy atom. The van der Waals surface area contributed by atoms with E-state index in [1.165, 1.54) is 0 Å². The van der Waals surface area contributed by atoms with Crippen LogP contribution in [0.4, 0.5) is 5.82 Å². The summed E-state index contributed by atoms with van der Waals surface area (Å²) in [7, 11) is -3.02. The van der Waals surface area contributed by atoms with E-state index in [1.54, 1.807) is 10.7 Å². The van der Waals surface area contributed by atoms with Crippen molar-refractivity contribution < 1.29 is 17.9 Å². The van der Waals surface area contributed by atoms with Gasteiger partial charge in [0.15, 0.2) is 9.84 Å². The van der Waals surface area contributed by atoms with Crippen LogP contribution in [-0.4, -0.2) is 42.2 Å². The summed E-state index contributed by atoms with van der Waals surface area (Å²) in [6, 6.07) is 9.24. The first-order valence-corrected chi connectivity index (χ1v) is 11.0. The van der Waals surface area contributed by atoms with Crippen molar-refractivity contribution in [2.45, 2.75) is 39.2 Å². The van der Waals surface area contributed by atoms with Crippen molar-refractivity contribution in [3.05, 3.63) is 41.6 Å². The van der Waals surface area contributed by atoms with Gasteiger partial charge in [0, 0.05) is 12.5 Å². The monoisotopic (exact) mass is 391 g/mol. The van der Waals surface area contributed by atoms with Gasteiger partial charge < -0.3 is 10.1 Å². The molecule has 7 nitrogen and oxygen atoms in total. The molecule has 1 aromatic heterocycles. The minimum atomic E-state index is -3.02. The number of nitrogens with one attached hydrogen (secondary N) is 1. The van der Waals surface area contributed by atoms with Gasteiger partial charge in [-0.2, -0.15) is 5.10 Å². The van der Waals surface area contributed by atoms with Crippen LogP contribution in [0.2, 0.25) is 0 Å². The summed E-state index contributed by atoms with van der Waals surface area (Å²) in [5.41, 5.74) is 1.73. The summed E-state index contributed by atoms with van der Waals surface area (Å²) in [6.07, 6.45) is 1.39. The minimum absolute atomic E-state index is 0.0682. The van der Waals surface area contributed by atoms with Crippen LogP contribution in [0.5, 0.6) is 5.75 Å². The van der Waals surface area contributed by atoms with Crippen LogP contribution in [0.25, 0.3) is 0 Å². The molecule has 0 unspecified atom stereocenters. The fourth-order valence-electron chi connectivity index (χ4n) is 3.32. The fourth-order valence-corrected chi connectivity index (χ4v) is 5.01. The minimum Gasteiger partial charge on any atom is -0.494 e. The Morgan fingerprint density at radius 2 is 2.15 bits per heavy atom. The normalized spacial score (nSPS) is 18.4. The molecule has 3 rings (SSSR count). The highest BCUT2D eigenvalue weighted by Gasteiger charge is 2.31. The molecule has 1 aromatic carbocycles. The average molecular weight is 391 g/mol. The Balaban J connectivity index is 1.65. The number of rotatable bonds is 7. The quantitative estimate of drug-likeness (QED) is 0.783. The second-order valence-corrected chi connectivity index (χ2v) is 8.99. The molecule has 0 bridgehead atoms. The zero-order valence-corrected chi connectivity index (χ0v) is 16.5. The molecule has 0 aliphatic carbocycles. The third-order valence-electron chi connectivity index (χ3n) is 4.57. The van der Waals surface area contributed by atoms with Crippen molar-refractivity contribution in [1.82, 2.24) is 9.78 Å². The average Bonchev–Trinajstić information content (AvgIpc) is 3.16. The van der Waals surface area contributed by atoms with E-state index in [0.29, 0.717) is 31.7 Å². The summed E-state index contributed by atoms with van der Waals surface area (Å²) < 4.78 is 30.8. The van der Waals surface area contributed by atoms with E-state index in [4.69, 9.17) is 4.74 Å². The number of nitrogens with zero attached hydrogens (tertiary/aromatic N) is 2. The van der Waals surface area contributed by atoms with Crippen LogP contribution in [0.15, 0.2) is 30.3 Å². The summed E-state index contributed by atoms with van der Waals surface area (Å²) in [5.74, 6) is 1.45. The molecule has 1 saturated heterocycles. The number of benzene rings is 1. The number of anilines is 1. The first-order chi connectivity index (χ1) is 12.9. The number of carbonyl (C=O) groups excluding carboxylic acids is 1. The Morgan fingerprint density at radius 3 is 2.85 bits per heavy atom. The Labute approximate surface area is 159 Å². The van der Waals surface area contributed by atoms with Crippen LogP contribution in [-0.2, 0) is 21.1 Å². The van der Waals surface area contributed by atoms with E-state index in [-0.39, 0.29) is 23.5 Å². The maximum atomic E-state index is 12.4. The van der Waals surface area contributed by atoms with Crippen LogP contribution in [0, 0.1) is 6.92 Å². The number of hydrogen-bond donors (Lipinski definition) is 1. The molecule has 1 fully saturated rings. The number of aromatic nitrogens is 2. The van der Waals surface area contributed by atoms with Crippen molar-refractivity contribution in [1.29, 1.82) is 0 Å². The van der Waals surface area contributed by atoms with E-state index in [0.717, 1.165) is 17.0 Å². The molecular weight excluding hydrogens is 366 g/mol. The van der Waals surface area contributed by atoms with Crippen LogP contribution in [0.3, 0.4) is 0 Å². The van der Waals surface area contributed by atoms with Crippen LogP contribution in [0.1, 0.15) is 37.1 Å². The van der Waals surface area contributed by atoms with Gasteiger partial charge in [-0.05, 0) is 38.3 Å². The first kappa shape index (κ1) is 19.4. The van der Waals surface area contributed by atoms with Crippen molar-refractivity contribution >= 4 is 21.6 Å². The predicted octanol–water partition coefficient (Wildman–Crippen LogP) is 2.52. The predicted molar refractivity (Wildman–Crippen MR) is 104 cm³/mol. The largest absolute Gasteiger partial charge is 0.494 e.